The van der Waals surface area contributed by atoms with Gasteiger partial charge < -0.3 is 19.7 Å². The van der Waals surface area contributed by atoms with Gasteiger partial charge >= 0.3 is 12.1 Å². The highest BCUT2D eigenvalue weighted by Crippen LogP contribution is 2.09. The highest BCUT2D eigenvalue weighted by Gasteiger charge is 2.28. The van der Waals surface area contributed by atoms with Gasteiger partial charge in [0.1, 0.15) is 18.2 Å². The zero-order valence-electron chi connectivity index (χ0n) is 13.6. The molecule has 0 unspecified atom stereocenters. The van der Waals surface area contributed by atoms with Gasteiger partial charge in [-0.3, -0.25) is 0 Å². The molecule has 1 atom stereocenters. The van der Waals surface area contributed by atoms with Gasteiger partial charge in [0.15, 0.2) is 0 Å². The smallest absolute Gasteiger partial charge is 0.408 e. The molecule has 118 valence electrons. The number of hydrogen-bond acceptors (Lipinski definition) is 5. The van der Waals surface area contributed by atoms with Crippen LogP contribution in [0.1, 0.15) is 34.6 Å². The fourth-order valence-electron chi connectivity index (χ4n) is 1.35. The number of ether oxygens (including phenoxy) is 2. The van der Waals surface area contributed by atoms with Crippen molar-refractivity contribution in [1.29, 1.82) is 0 Å². The van der Waals surface area contributed by atoms with Crippen molar-refractivity contribution < 1.29 is 19.1 Å². The maximum absolute atomic E-state index is 12.0. The second-order valence-electron chi connectivity index (χ2n) is 6.34. The van der Waals surface area contributed by atoms with Crippen molar-refractivity contribution in [2.75, 3.05) is 27.2 Å². The summed E-state index contributed by atoms with van der Waals surface area (Å²) >= 11 is 0. The molecule has 0 heterocycles. The largest absolute Gasteiger partial charge is 0.463 e. The zero-order valence-corrected chi connectivity index (χ0v) is 13.6. The van der Waals surface area contributed by atoms with Crippen molar-refractivity contribution in [3.8, 4) is 0 Å². The van der Waals surface area contributed by atoms with Gasteiger partial charge in [-0.15, -0.1) is 0 Å². The number of carbonyl (C=O) groups excluding carboxylic acids is 2. The molecule has 0 saturated heterocycles. The molecule has 20 heavy (non-hydrogen) atoms. The molecule has 0 aromatic rings. The first-order valence-electron chi connectivity index (χ1n) is 6.84. The summed E-state index contributed by atoms with van der Waals surface area (Å²) in [6.07, 6.45) is -0.610. The van der Waals surface area contributed by atoms with Crippen LogP contribution in [0.3, 0.4) is 0 Å². The van der Waals surface area contributed by atoms with Crippen LogP contribution in [-0.4, -0.2) is 55.9 Å². The van der Waals surface area contributed by atoms with Crippen LogP contribution in [0.2, 0.25) is 0 Å². The molecule has 6 heteroatoms. The average Bonchev–Trinajstić information content (AvgIpc) is 2.22. The minimum absolute atomic E-state index is 0.0747. The molecule has 0 bridgehead atoms. The number of alkyl carbamates (subject to hydrolysis) is 1. The quantitative estimate of drug-likeness (QED) is 0.753. The zero-order chi connectivity index (χ0) is 15.9. The molecular weight excluding hydrogens is 260 g/mol. The van der Waals surface area contributed by atoms with Crippen molar-refractivity contribution in [2.45, 2.75) is 46.3 Å². The van der Waals surface area contributed by atoms with E-state index in [4.69, 9.17) is 9.47 Å². The van der Waals surface area contributed by atoms with Gasteiger partial charge in [0.25, 0.3) is 0 Å². The second kappa shape index (κ2) is 8.09. The van der Waals surface area contributed by atoms with E-state index in [1.165, 1.54) is 0 Å². The number of rotatable bonds is 6. The number of nitrogens with zero attached hydrogens (tertiary/aromatic N) is 1. The highest BCUT2D eigenvalue weighted by molar-refractivity contribution is 5.81. The van der Waals surface area contributed by atoms with Crippen LogP contribution in [0.5, 0.6) is 0 Å². The van der Waals surface area contributed by atoms with E-state index < -0.39 is 23.7 Å². The molecule has 0 aromatic heterocycles. The number of nitrogens with one attached hydrogen (secondary N) is 1. The third-order valence-electron chi connectivity index (χ3n) is 2.38. The number of carbonyl (C=O) groups is 2. The molecule has 1 amide bonds. The Morgan fingerprint density at radius 2 is 1.75 bits per heavy atom. The molecule has 1 N–H and O–H groups in total. The molecule has 6 nitrogen and oxygen atoms in total. The third kappa shape index (κ3) is 8.74. The van der Waals surface area contributed by atoms with Gasteiger partial charge in [0, 0.05) is 6.54 Å². The number of likely N-dealkylation sites (N-methyl/N-ethyl adjacent to an activating group) is 1. The van der Waals surface area contributed by atoms with Crippen LogP contribution in [0.4, 0.5) is 4.79 Å². The molecule has 0 aromatic carbocycles. The van der Waals surface area contributed by atoms with E-state index in [0.29, 0.717) is 13.2 Å². The van der Waals surface area contributed by atoms with Crippen molar-refractivity contribution in [3.05, 3.63) is 0 Å². The lowest BCUT2D eigenvalue weighted by Crippen LogP contribution is -2.47. The Morgan fingerprint density at radius 1 is 1.20 bits per heavy atom. The number of esters is 1. The fourth-order valence-corrected chi connectivity index (χ4v) is 1.35. The Labute approximate surface area is 121 Å². The Hall–Kier alpha value is -1.30. The molecule has 0 spiro atoms. The highest BCUT2D eigenvalue weighted by atomic mass is 16.6. The van der Waals surface area contributed by atoms with E-state index in [-0.39, 0.29) is 5.92 Å². The minimum atomic E-state index is -0.702. The first-order chi connectivity index (χ1) is 9.03. The van der Waals surface area contributed by atoms with Gasteiger partial charge in [0.2, 0.25) is 0 Å². The topological polar surface area (TPSA) is 67.9 Å². The van der Waals surface area contributed by atoms with Crippen molar-refractivity contribution >= 4 is 12.1 Å². The summed E-state index contributed by atoms with van der Waals surface area (Å²) in [4.78, 5) is 25.6. The standard InChI is InChI=1S/C14H28N2O4/c1-10(2)11(12(17)19-9-8-16(6)7)15-13(18)20-14(3,4)5/h10-11H,8-9H2,1-7H3,(H,15,18)/t11-/m0/s1. The maximum Gasteiger partial charge on any atom is 0.408 e. The van der Waals surface area contributed by atoms with Gasteiger partial charge in [-0.2, -0.15) is 0 Å². The molecule has 0 rings (SSSR count). The lowest BCUT2D eigenvalue weighted by molar-refractivity contribution is -0.147. The summed E-state index contributed by atoms with van der Waals surface area (Å²) in [5, 5.41) is 2.56. The van der Waals surface area contributed by atoms with Crippen LogP contribution in [-0.2, 0) is 14.3 Å². The van der Waals surface area contributed by atoms with Crippen LogP contribution < -0.4 is 5.32 Å². The van der Waals surface area contributed by atoms with Crippen LogP contribution >= 0.6 is 0 Å². The molecule has 0 saturated carbocycles. The third-order valence-corrected chi connectivity index (χ3v) is 2.38. The molecule has 0 fully saturated rings. The molecule has 0 aliphatic rings. The summed E-state index contributed by atoms with van der Waals surface area (Å²) < 4.78 is 10.3. The van der Waals surface area contributed by atoms with E-state index in [9.17, 15) is 9.59 Å². The molecule has 0 aliphatic heterocycles. The van der Waals surface area contributed by atoms with Gasteiger partial charge in [-0.05, 0) is 40.8 Å². The fraction of sp³-hybridized carbons (Fsp3) is 0.857. The van der Waals surface area contributed by atoms with Crippen molar-refractivity contribution in [3.63, 3.8) is 0 Å². The molecular formula is C14H28N2O4. The summed E-state index contributed by atoms with van der Waals surface area (Å²) in [6.45, 7) is 9.93. The van der Waals surface area contributed by atoms with E-state index in [0.717, 1.165) is 0 Å². The maximum atomic E-state index is 12.0. The Kier molecular flexibility index (Phi) is 7.57. The van der Waals surface area contributed by atoms with Crippen molar-refractivity contribution in [1.82, 2.24) is 10.2 Å². The Morgan fingerprint density at radius 3 is 2.15 bits per heavy atom. The van der Waals surface area contributed by atoms with E-state index in [1.54, 1.807) is 20.8 Å². The number of hydrogen-bond donors (Lipinski definition) is 1. The van der Waals surface area contributed by atoms with Crippen molar-refractivity contribution in [2.24, 2.45) is 5.92 Å². The predicted molar refractivity (Wildman–Crippen MR) is 77.5 cm³/mol. The Balaban J connectivity index is 4.42. The SMILES string of the molecule is CC(C)[C@H](NC(=O)OC(C)(C)C)C(=O)OCCN(C)C. The average molecular weight is 288 g/mol. The predicted octanol–water partition coefficient (Wildman–Crippen LogP) is 1.64. The number of amides is 1. The summed E-state index contributed by atoms with van der Waals surface area (Å²) in [5.74, 6) is -0.512. The van der Waals surface area contributed by atoms with E-state index in [2.05, 4.69) is 5.32 Å². The summed E-state index contributed by atoms with van der Waals surface area (Å²) in [7, 11) is 3.79. The summed E-state index contributed by atoms with van der Waals surface area (Å²) in [5.41, 5.74) is -0.597. The van der Waals surface area contributed by atoms with Crippen LogP contribution in [0.25, 0.3) is 0 Å². The molecule has 0 radical (unpaired) electrons. The van der Waals surface area contributed by atoms with Gasteiger partial charge in [0.05, 0.1) is 0 Å². The van der Waals surface area contributed by atoms with E-state index >= 15 is 0 Å². The summed E-state index contributed by atoms with van der Waals surface area (Å²) in [6, 6.07) is -0.702. The van der Waals surface area contributed by atoms with Gasteiger partial charge in [-0.25, -0.2) is 9.59 Å². The lowest BCUT2D eigenvalue weighted by atomic mass is 10.1. The molecule has 0 aliphatic carbocycles. The first kappa shape index (κ1) is 18.7. The minimum Gasteiger partial charge on any atom is -0.463 e. The van der Waals surface area contributed by atoms with Crippen LogP contribution in [0, 0.1) is 5.92 Å². The van der Waals surface area contributed by atoms with Gasteiger partial charge in [-0.1, -0.05) is 13.8 Å². The lowest BCUT2D eigenvalue weighted by Gasteiger charge is -2.24. The van der Waals surface area contributed by atoms with Crippen LogP contribution in [0.15, 0.2) is 0 Å². The second-order valence-corrected chi connectivity index (χ2v) is 6.34. The van der Waals surface area contributed by atoms with E-state index in [1.807, 2.05) is 32.8 Å². The Bertz CT molecular complexity index is 322. The first-order valence-corrected chi connectivity index (χ1v) is 6.84. The normalized spacial score (nSPS) is 13.2. The monoisotopic (exact) mass is 288 g/mol.